The Hall–Kier alpha value is -2.87. The largest absolute Gasteiger partial charge is 0.495 e. The van der Waals surface area contributed by atoms with Crippen molar-refractivity contribution in [1.82, 2.24) is 0 Å². The minimum atomic E-state index is -0.393. The summed E-state index contributed by atoms with van der Waals surface area (Å²) < 4.78 is 10.5. The highest BCUT2D eigenvalue weighted by Crippen LogP contribution is 2.36. The fraction of sp³-hybridized carbons (Fsp3) is 0.200. The number of halogens is 2. The van der Waals surface area contributed by atoms with Crippen LogP contribution >= 0.6 is 35.0 Å². The van der Waals surface area contributed by atoms with E-state index in [1.807, 2.05) is 24.3 Å². The van der Waals surface area contributed by atoms with E-state index < -0.39 is 5.25 Å². The zero-order valence-electron chi connectivity index (χ0n) is 18.9. The smallest absolute Gasteiger partial charge is 0.237 e. The lowest BCUT2D eigenvalue weighted by Crippen LogP contribution is -2.22. The molecule has 3 rings (SSSR count). The molecule has 9 heteroatoms. The Morgan fingerprint density at radius 1 is 0.912 bits per heavy atom. The van der Waals surface area contributed by atoms with Gasteiger partial charge in [-0.25, -0.2) is 0 Å². The van der Waals surface area contributed by atoms with Crippen LogP contribution in [0.5, 0.6) is 11.5 Å². The number of amides is 2. The molecule has 6 nitrogen and oxygen atoms in total. The minimum Gasteiger partial charge on any atom is -0.495 e. The second-order valence-corrected chi connectivity index (χ2v) is 9.57. The van der Waals surface area contributed by atoms with Crippen LogP contribution in [-0.4, -0.2) is 31.3 Å². The third-order valence-electron chi connectivity index (χ3n) is 4.83. The van der Waals surface area contributed by atoms with Crippen molar-refractivity contribution in [3.05, 3.63) is 76.3 Å². The van der Waals surface area contributed by atoms with Crippen molar-refractivity contribution in [2.45, 2.75) is 23.5 Å². The first-order valence-electron chi connectivity index (χ1n) is 10.3. The van der Waals surface area contributed by atoms with Crippen molar-refractivity contribution >= 4 is 58.2 Å². The van der Waals surface area contributed by atoms with E-state index in [1.165, 1.54) is 26.0 Å². The first kappa shape index (κ1) is 25.7. The van der Waals surface area contributed by atoms with E-state index in [4.69, 9.17) is 32.7 Å². The minimum absolute atomic E-state index is 0.123. The molecule has 0 fully saturated rings. The third-order valence-corrected chi connectivity index (χ3v) is 6.49. The van der Waals surface area contributed by atoms with Crippen molar-refractivity contribution in [2.24, 2.45) is 0 Å². The Labute approximate surface area is 212 Å². The van der Waals surface area contributed by atoms with Crippen LogP contribution in [0.4, 0.5) is 11.4 Å². The summed E-state index contributed by atoms with van der Waals surface area (Å²) in [5.41, 5.74) is 2.02. The van der Waals surface area contributed by atoms with Crippen LogP contribution in [0.1, 0.15) is 12.5 Å². The van der Waals surface area contributed by atoms with Gasteiger partial charge in [0.15, 0.2) is 0 Å². The highest BCUT2D eigenvalue weighted by atomic mass is 35.5. The second kappa shape index (κ2) is 12.0. The monoisotopic (exact) mass is 518 g/mol. The molecule has 1 unspecified atom stereocenters. The lowest BCUT2D eigenvalue weighted by atomic mass is 10.1. The van der Waals surface area contributed by atoms with Gasteiger partial charge in [-0.15, -0.1) is 11.8 Å². The number of ether oxygens (including phenoxy) is 2. The molecular formula is C25H24Cl2N2O4S. The van der Waals surface area contributed by atoms with Crippen LogP contribution < -0.4 is 20.1 Å². The average molecular weight is 519 g/mol. The molecule has 34 heavy (non-hydrogen) atoms. The van der Waals surface area contributed by atoms with Crippen LogP contribution in [0.2, 0.25) is 10.0 Å². The molecule has 0 saturated carbocycles. The van der Waals surface area contributed by atoms with E-state index in [0.717, 1.165) is 10.5 Å². The maximum Gasteiger partial charge on any atom is 0.237 e. The van der Waals surface area contributed by atoms with Crippen LogP contribution in [0.15, 0.2) is 65.6 Å². The number of hydrogen-bond acceptors (Lipinski definition) is 5. The highest BCUT2D eigenvalue weighted by Gasteiger charge is 2.18. The summed E-state index contributed by atoms with van der Waals surface area (Å²) in [5.74, 6) is 0.581. The Morgan fingerprint density at radius 3 is 2.18 bits per heavy atom. The molecule has 0 aliphatic heterocycles. The van der Waals surface area contributed by atoms with E-state index in [9.17, 15) is 9.59 Å². The number of carbonyl (C=O) groups is 2. The Bertz CT molecular complexity index is 1150. The molecule has 0 saturated heterocycles. The maximum atomic E-state index is 12.7. The number of anilines is 2. The van der Waals surface area contributed by atoms with Gasteiger partial charge in [-0.05, 0) is 55.0 Å². The number of benzene rings is 3. The molecule has 0 aliphatic rings. The normalized spacial score (nSPS) is 11.4. The van der Waals surface area contributed by atoms with Crippen molar-refractivity contribution in [3.63, 3.8) is 0 Å². The van der Waals surface area contributed by atoms with Crippen molar-refractivity contribution < 1.29 is 19.1 Å². The first-order chi connectivity index (χ1) is 16.3. The molecule has 1 atom stereocenters. The lowest BCUT2D eigenvalue weighted by molar-refractivity contribution is -0.116. The van der Waals surface area contributed by atoms with E-state index in [0.29, 0.717) is 32.9 Å². The fourth-order valence-electron chi connectivity index (χ4n) is 3.06. The number of nitrogens with one attached hydrogen (secondary N) is 2. The molecule has 2 amide bonds. The van der Waals surface area contributed by atoms with Gasteiger partial charge in [0.1, 0.15) is 11.5 Å². The zero-order valence-corrected chi connectivity index (χ0v) is 21.2. The van der Waals surface area contributed by atoms with Crippen LogP contribution in [0.25, 0.3) is 0 Å². The molecule has 0 bridgehead atoms. The number of thioether (sulfide) groups is 1. The van der Waals surface area contributed by atoms with E-state index in [2.05, 4.69) is 10.6 Å². The SMILES string of the molecule is COc1cc(OC)c(NC(=O)C(C)Sc2ccc(NC(=O)Cc3ccc(Cl)cc3)cc2)cc1Cl. The summed E-state index contributed by atoms with van der Waals surface area (Å²) in [6.45, 7) is 1.80. The Balaban J connectivity index is 1.56. The zero-order chi connectivity index (χ0) is 24.7. The topological polar surface area (TPSA) is 76.7 Å². The van der Waals surface area contributed by atoms with Crippen LogP contribution in [-0.2, 0) is 16.0 Å². The number of carbonyl (C=O) groups excluding carboxylic acids is 2. The molecule has 178 valence electrons. The van der Waals surface area contributed by atoms with Gasteiger partial charge in [-0.2, -0.15) is 0 Å². The maximum absolute atomic E-state index is 12.7. The van der Waals surface area contributed by atoms with Gasteiger partial charge >= 0.3 is 0 Å². The number of methoxy groups -OCH3 is 2. The highest BCUT2D eigenvalue weighted by molar-refractivity contribution is 8.00. The molecule has 0 aromatic heterocycles. The summed E-state index contributed by atoms with van der Waals surface area (Å²) in [7, 11) is 3.01. The van der Waals surface area contributed by atoms with E-state index >= 15 is 0 Å². The second-order valence-electron chi connectivity index (χ2n) is 7.31. The van der Waals surface area contributed by atoms with E-state index in [-0.39, 0.29) is 18.2 Å². The molecule has 3 aromatic carbocycles. The summed E-state index contributed by atoms with van der Waals surface area (Å²) >= 11 is 13.4. The molecule has 2 N–H and O–H groups in total. The van der Waals surface area contributed by atoms with Crippen molar-refractivity contribution in [1.29, 1.82) is 0 Å². The third kappa shape index (κ3) is 7.06. The summed E-state index contributed by atoms with van der Waals surface area (Å²) in [6.07, 6.45) is 0.254. The van der Waals surface area contributed by atoms with Gasteiger partial charge in [0.05, 0.1) is 36.6 Å². The molecule has 0 aliphatic carbocycles. The van der Waals surface area contributed by atoms with Gasteiger partial charge in [0, 0.05) is 21.7 Å². The van der Waals surface area contributed by atoms with E-state index in [1.54, 1.807) is 43.3 Å². The molecule has 0 radical (unpaired) electrons. The number of hydrogen-bond donors (Lipinski definition) is 2. The van der Waals surface area contributed by atoms with Crippen molar-refractivity contribution in [2.75, 3.05) is 24.9 Å². The molecule has 0 spiro atoms. The average Bonchev–Trinajstić information content (AvgIpc) is 2.82. The van der Waals surface area contributed by atoms with Gasteiger partial charge < -0.3 is 20.1 Å². The summed E-state index contributed by atoms with van der Waals surface area (Å²) in [6, 6.07) is 17.7. The van der Waals surface area contributed by atoms with Crippen molar-refractivity contribution in [3.8, 4) is 11.5 Å². The predicted octanol–water partition coefficient (Wildman–Crippen LogP) is 6.31. The van der Waals surface area contributed by atoms with Gasteiger partial charge in [0.2, 0.25) is 11.8 Å². The first-order valence-corrected chi connectivity index (χ1v) is 12.0. The summed E-state index contributed by atoms with van der Waals surface area (Å²) in [4.78, 5) is 25.9. The summed E-state index contributed by atoms with van der Waals surface area (Å²) in [5, 5.41) is 6.33. The standard InChI is InChI=1S/C25H24Cl2N2O4S/c1-15(25(31)29-21-13-20(27)22(32-2)14-23(21)33-3)34-19-10-8-18(9-11-19)28-24(30)12-16-4-6-17(26)7-5-16/h4-11,13-15H,12H2,1-3H3,(H,28,30)(H,29,31). The van der Waals surface area contributed by atoms with Gasteiger partial charge in [-0.3, -0.25) is 9.59 Å². The Kier molecular flexibility index (Phi) is 9.10. The Morgan fingerprint density at radius 2 is 1.56 bits per heavy atom. The number of rotatable bonds is 9. The molecule has 3 aromatic rings. The molecular weight excluding hydrogens is 495 g/mol. The van der Waals surface area contributed by atoms with Crippen LogP contribution in [0, 0.1) is 0 Å². The fourth-order valence-corrected chi connectivity index (χ4v) is 4.29. The quantitative estimate of drug-likeness (QED) is 0.324. The van der Waals surface area contributed by atoms with Gasteiger partial charge in [0.25, 0.3) is 0 Å². The van der Waals surface area contributed by atoms with Gasteiger partial charge in [-0.1, -0.05) is 35.3 Å². The van der Waals surface area contributed by atoms with Crippen LogP contribution in [0.3, 0.4) is 0 Å². The molecule has 0 heterocycles. The predicted molar refractivity (Wildman–Crippen MR) is 139 cm³/mol. The lowest BCUT2D eigenvalue weighted by Gasteiger charge is -2.16.